The summed E-state index contributed by atoms with van der Waals surface area (Å²) in [7, 11) is 0. The van der Waals surface area contributed by atoms with Crippen LogP contribution in [0.25, 0.3) is 0 Å². The normalized spacial score (nSPS) is 19.1. The Morgan fingerprint density at radius 3 is 2.86 bits per heavy atom. The van der Waals surface area contributed by atoms with Gasteiger partial charge in [-0.2, -0.15) is 0 Å². The van der Waals surface area contributed by atoms with Crippen molar-refractivity contribution in [1.82, 2.24) is 10.2 Å². The first kappa shape index (κ1) is 10.5. The lowest BCUT2D eigenvalue weighted by atomic mass is 10.1. The number of piperazine rings is 1. The second-order valence-electron chi connectivity index (χ2n) is 3.31. The molecule has 0 aromatic carbocycles. The summed E-state index contributed by atoms with van der Waals surface area (Å²) in [5, 5.41) is 2.42. The minimum atomic E-state index is -0.618. The van der Waals surface area contributed by atoms with E-state index < -0.39 is 23.6 Å². The smallest absolute Gasteiger partial charge is 0.311 e. The van der Waals surface area contributed by atoms with E-state index in [0.717, 1.165) is 0 Å². The van der Waals surface area contributed by atoms with Crippen LogP contribution >= 0.6 is 0 Å². The summed E-state index contributed by atoms with van der Waals surface area (Å²) in [5.74, 6) is -2.11. The van der Waals surface area contributed by atoms with E-state index in [1.165, 1.54) is 4.90 Å². The first-order valence-corrected chi connectivity index (χ1v) is 4.38. The predicted molar refractivity (Wildman–Crippen MR) is 47.9 cm³/mol. The number of amides is 3. The highest BCUT2D eigenvalue weighted by molar-refractivity contribution is 6.35. The van der Waals surface area contributed by atoms with Crippen LogP contribution < -0.4 is 11.1 Å². The molecule has 1 heterocycles. The Morgan fingerprint density at radius 2 is 2.29 bits per heavy atom. The Bertz CT molecular complexity index is 277. The van der Waals surface area contributed by atoms with E-state index in [9.17, 15) is 14.4 Å². The van der Waals surface area contributed by atoms with Crippen molar-refractivity contribution < 1.29 is 14.4 Å². The first-order chi connectivity index (χ1) is 6.52. The summed E-state index contributed by atoms with van der Waals surface area (Å²) in [6, 6.07) is 0. The fraction of sp³-hybridized carbons (Fsp3) is 0.625. The SMILES string of the molecule is CC(CN1CCNC(=O)C1=O)C(N)=O. The molecule has 0 bridgehead atoms. The zero-order chi connectivity index (χ0) is 10.7. The molecule has 6 heteroatoms. The lowest BCUT2D eigenvalue weighted by molar-refractivity contribution is -0.148. The van der Waals surface area contributed by atoms with Crippen LogP contribution in [-0.2, 0) is 14.4 Å². The van der Waals surface area contributed by atoms with Crippen LogP contribution in [0.5, 0.6) is 0 Å². The summed E-state index contributed by atoms with van der Waals surface area (Å²) < 4.78 is 0. The van der Waals surface area contributed by atoms with Gasteiger partial charge < -0.3 is 16.0 Å². The quantitative estimate of drug-likeness (QED) is 0.518. The standard InChI is InChI=1S/C8H13N3O3/c1-5(6(9)12)4-11-3-2-10-7(13)8(11)14/h5H,2-4H2,1H3,(H2,9,12)(H,10,13). The van der Waals surface area contributed by atoms with Gasteiger partial charge in [-0.25, -0.2) is 0 Å². The van der Waals surface area contributed by atoms with Crippen LogP contribution in [0.4, 0.5) is 0 Å². The Kier molecular flexibility index (Phi) is 3.06. The van der Waals surface area contributed by atoms with Crippen molar-refractivity contribution in [3.05, 3.63) is 0 Å². The maximum atomic E-state index is 11.2. The van der Waals surface area contributed by atoms with Crippen molar-refractivity contribution in [2.45, 2.75) is 6.92 Å². The Balaban J connectivity index is 2.55. The number of rotatable bonds is 3. The number of primary amides is 1. The average Bonchev–Trinajstić information content (AvgIpc) is 2.12. The maximum absolute atomic E-state index is 11.2. The Morgan fingerprint density at radius 1 is 1.64 bits per heavy atom. The van der Waals surface area contributed by atoms with E-state index in [1.54, 1.807) is 6.92 Å². The van der Waals surface area contributed by atoms with Crippen molar-refractivity contribution in [1.29, 1.82) is 0 Å². The highest BCUT2D eigenvalue weighted by Crippen LogP contribution is 2.02. The zero-order valence-corrected chi connectivity index (χ0v) is 7.95. The van der Waals surface area contributed by atoms with Gasteiger partial charge in [-0.3, -0.25) is 14.4 Å². The molecule has 1 unspecified atom stereocenters. The van der Waals surface area contributed by atoms with Gasteiger partial charge in [0.15, 0.2) is 0 Å². The largest absolute Gasteiger partial charge is 0.369 e. The molecule has 3 N–H and O–H groups in total. The van der Waals surface area contributed by atoms with Gasteiger partial charge in [0.1, 0.15) is 0 Å². The monoisotopic (exact) mass is 199 g/mol. The third kappa shape index (κ3) is 2.21. The summed E-state index contributed by atoms with van der Waals surface area (Å²) in [4.78, 5) is 34.3. The van der Waals surface area contributed by atoms with Gasteiger partial charge >= 0.3 is 11.8 Å². The van der Waals surface area contributed by atoms with Gasteiger partial charge in [-0.1, -0.05) is 6.92 Å². The lowest BCUT2D eigenvalue weighted by Crippen LogP contribution is -2.53. The van der Waals surface area contributed by atoms with E-state index in [2.05, 4.69) is 5.32 Å². The molecule has 3 amide bonds. The fourth-order valence-electron chi connectivity index (χ4n) is 1.22. The molecule has 78 valence electrons. The van der Waals surface area contributed by atoms with Gasteiger partial charge in [0.2, 0.25) is 5.91 Å². The minimum Gasteiger partial charge on any atom is -0.369 e. The second kappa shape index (κ2) is 4.08. The summed E-state index contributed by atoms with van der Waals surface area (Å²) in [5.41, 5.74) is 5.06. The molecule has 0 aliphatic carbocycles. The van der Waals surface area contributed by atoms with Crippen LogP contribution in [0.3, 0.4) is 0 Å². The number of carbonyl (C=O) groups excluding carboxylic acids is 3. The third-order valence-electron chi connectivity index (χ3n) is 2.13. The van der Waals surface area contributed by atoms with Gasteiger partial charge in [0, 0.05) is 19.6 Å². The van der Waals surface area contributed by atoms with Crippen LogP contribution in [0.1, 0.15) is 6.92 Å². The average molecular weight is 199 g/mol. The highest BCUT2D eigenvalue weighted by atomic mass is 16.2. The predicted octanol–water partition coefficient (Wildman–Crippen LogP) is -1.93. The molecule has 0 saturated carbocycles. The van der Waals surface area contributed by atoms with Gasteiger partial charge in [-0.05, 0) is 0 Å². The number of hydrogen-bond acceptors (Lipinski definition) is 3. The number of hydrogen-bond donors (Lipinski definition) is 2. The van der Waals surface area contributed by atoms with E-state index in [1.807, 2.05) is 0 Å². The zero-order valence-electron chi connectivity index (χ0n) is 7.95. The van der Waals surface area contributed by atoms with Crippen molar-refractivity contribution >= 4 is 17.7 Å². The molecule has 1 atom stereocenters. The molecular weight excluding hydrogens is 186 g/mol. The molecule has 1 fully saturated rings. The van der Waals surface area contributed by atoms with Gasteiger partial charge in [0.25, 0.3) is 0 Å². The van der Waals surface area contributed by atoms with Crippen LogP contribution in [-0.4, -0.2) is 42.3 Å². The van der Waals surface area contributed by atoms with Crippen LogP contribution in [0.2, 0.25) is 0 Å². The molecule has 0 aromatic heterocycles. The van der Waals surface area contributed by atoms with E-state index in [4.69, 9.17) is 5.73 Å². The van der Waals surface area contributed by atoms with Crippen LogP contribution in [0.15, 0.2) is 0 Å². The molecule has 1 saturated heterocycles. The maximum Gasteiger partial charge on any atom is 0.311 e. The number of nitrogens with zero attached hydrogens (tertiary/aromatic N) is 1. The minimum absolute atomic E-state index is 0.210. The summed E-state index contributed by atoms with van der Waals surface area (Å²) in [6.07, 6.45) is 0. The molecule has 14 heavy (non-hydrogen) atoms. The number of nitrogens with one attached hydrogen (secondary N) is 1. The first-order valence-electron chi connectivity index (χ1n) is 4.38. The van der Waals surface area contributed by atoms with Crippen molar-refractivity contribution in [3.63, 3.8) is 0 Å². The molecule has 6 nitrogen and oxygen atoms in total. The molecule has 1 aliphatic rings. The fourth-order valence-corrected chi connectivity index (χ4v) is 1.22. The van der Waals surface area contributed by atoms with Crippen molar-refractivity contribution in [2.75, 3.05) is 19.6 Å². The van der Waals surface area contributed by atoms with E-state index in [0.29, 0.717) is 13.1 Å². The number of nitrogens with two attached hydrogens (primary N) is 1. The number of carbonyl (C=O) groups is 3. The Hall–Kier alpha value is -1.59. The molecule has 0 aromatic rings. The molecule has 0 radical (unpaired) electrons. The van der Waals surface area contributed by atoms with Crippen molar-refractivity contribution in [2.24, 2.45) is 11.7 Å². The van der Waals surface area contributed by atoms with Crippen LogP contribution in [0, 0.1) is 5.92 Å². The van der Waals surface area contributed by atoms with E-state index in [-0.39, 0.29) is 6.54 Å². The Labute approximate surface area is 81.4 Å². The lowest BCUT2D eigenvalue weighted by Gasteiger charge is -2.27. The molecule has 1 rings (SSSR count). The second-order valence-corrected chi connectivity index (χ2v) is 3.31. The molecule has 0 spiro atoms. The third-order valence-corrected chi connectivity index (χ3v) is 2.13. The van der Waals surface area contributed by atoms with Crippen molar-refractivity contribution in [3.8, 4) is 0 Å². The van der Waals surface area contributed by atoms with Gasteiger partial charge in [-0.15, -0.1) is 0 Å². The van der Waals surface area contributed by atoms with E-state index >= 15 is 0 Å². The summed E-state index contributed by atoms with van der Waals surface area (Å²) in [6.45, 7) is 2.70. The van der Waals surface area contributed by atoms with Gasteiger partial charge in [0.05, 0.1) is 5.92 Å². The molecular formula is C8H13N3O3. The molecule has 1 aliphatic heterocycles. The summed E-state index contributed by atoms with van der Waals surface area (Å²) >= 11 is 0. The highest BCUT2D eigenvalue weighted by Gasteiger charge is 2.27. The topological polar surface area (TPSA) is 92.5 Å².